The van der Waals surface area contributed by atoms with Crippen LogP contribution in [0.3, 0.4) is 0 Å². The SMILES string of the molecule is CC(C)Oc1ccc(NC(=O)C(c2cccnc2)N(C)C)cc1. The first-order valence-electron chi connectivity index (χ1n) is 7.61. The van der Waals surface area contributed by atoms with Crippen LogP contribution in [-0.4, -0.2) is 36.0 Å². The van der Waals surface area contributed by atoms with Crippen molar-refractivity contribution in [1.82, 2.24) is 9.88 Å². The Morgan fingerprint density at radius 3 is 2.39 bits per heavy atom. The third-order valence-corrected chi connectivity index (χ3v) is 3.26. The van der Waals surface area contributed by atoms with Gasteiger partial charge >= 0.3 is 0 Å². The molecular weight excluding hydrogens is 290 g/mol. The number of likely N-dealkylation sites (N-methyl/N-ethyl adjacent to an activating group) is 1. The van der Waals surface area contributed by atoms with E-state index in [9.17, 15) is 4.79 Å². The Morgan fingerprint density at radius 1 is 1.17 bits per heavy atom. The average molecular weight is 313 g/mol. The van der Waals surface area contributed by atoms with E-state index in [4.69, 9.17) is 4.74 Å². The number of carbonyl (C=O) groups excluding carboxylic acids is 1. The molecule has 1 unspecified atom stereocenters. The van der Waals surface area contributed by atoms with Crippen molar-refractivity contribution in [1.29, 1.82) is 0 Å². The molecule has 1 aromatic carbocycles. The summed E-state index contributed by atoms with van der Waals surface area (Å²) in [6.07, 6.45) is 3.53. The van der Waals surface area contributed by atoms with E-state index in [1.807, 2.05) is 69.2 Å². The molecule has 1 heterocycles. The number of rotatable bonds is 6. The first-order chi connectivity index (χ1) is 11.0. The second kappa shape index (κ2) is 7.74. The van der Waals surface area contributed by atoms with Gasteiger partial charge in [-0.2, -0.15) is 0 Å². The summed E-state index contributed by atoms with van der Waals surface area (Å²) in [5.41, 5.74) is 1.59. The van der Waals surface area contributed by atoms with Gasteiger partial charge in [-0.05, 0) is 63.8 Å². The van der Waals surface area contributed by atoms with Gasteiger partial charge in [-0.15, -0.1) is 0 Å². The number of nitrogens with zero attached hydrogens (tertiary/aromatic N) is 2. The summed E-state index contributed by atoms with van der Waals surface area (Å²) in [5.74, 6) is 0.690. The van der Waals surface area contributed by atoms with E-state index in [1.165, 1.54) is 0 Å². The van der Waals surface area contributed by atoms with E-state index < -0.39 is 6.04 Å². The monoisotopic (exact) mass is 313 g/mol. The summed E-state index contributed by atoms with van der Waals surface area (Å²) in [6, 6.07) is 10.7. The zero-order valence-corrected chi connectivity index (χ0v) is 14.0. The number of ether oxygens (including phenoxy) is 1. The van der Waals surface area contributed by atoms with Gasteiger partial charge in [-0.25, -0.2) is 0 Å². The Hall–Kier alpha value is -2.40. The maximum atomic E-state index is 12.6. The van der Waals surface area contributed by atoms with Gasteiger partial charge in [-0.1, -0.05) is 6.07 Å². The largest absolute Gasteiger partial charge is 0.491 e. The zero-order valence-electron chi connectivity index (χ0n) is 14.0. The van der Waals surface area contributed by atoms with Gasteiger partial charge in [0.25, 0.3) is 0 Å². The molecule has 2 rings (SSSR count). The van der Waals surface area contributed by atoms with Crippen molar-refractivity contribution in [3.8, 4) is 5.75 Å². The minimum Gasteiger partial charge on any atom is -0.491 e. The van der Waals surface area contributed by atoms with Gasteiger partial charge in [0, 0.05) is 18.1 Å². The number of hydrogen-bond donors (Lipinski definition) is 1. The first-order valence-corrected chi connectivity index (χ1v) is 7.61. The molecule has 0 saturated carbocycles. The topological polar surface area (TPSA) is 54.5 Å². The Morgan fingerprint density at radius 2 is 1.87 bits per heavy atom. The van der Waals surface area contributed by atoms with Crippen LogP contribution in [0.1, 0.15) is 25.5 Å². The number of nitrogens with one attached hydrogen (secondary N) is 1. The molecule has 1 aromatic heterocycles. The molecule has 0 radical (unpaired) electrons. The molecule has 0 saturated heterocycles. The molecule has 23 heavy (non-hydrogen) atoms. The van der Waals surface area contributed by atoms with Crippen molar-refractivity contribution < 1.29 is 9.53 Å². The molecule has 0 spiro atoms. The minimum atomic E-state index is -0.393. The molecule has 1 amide bonds. The molecule has 5 nitrogen and oxygen atoms in total. The van der Waals surface area contributed by atoms with Crippen LogP contribution in [0.4, 0.5) is 5.69 Å². The smallest absolute Gasteiger partial charge is 0.246 e. The van der Waals surface area contributed by atoms with Gasteiger partial charge in [-0.3, -0.25) is 14.7 Å². The number of pyridine rings is 1. The molecule has 5 heteroatoms. The van der Waals surface area contributed by atoms with Crippen molar-refractivity contribution in [2.24, 2.45) is 0 Å². The van der Waals surface area contributed by atoms with Crippen LogP contribution >= 0.6 is 0 Å². The predicted molar refractivity (Wildman–Crippen MR) is 91.5 cm³/mol. The van der Waals surface area contributed by atoms with Gasteiger partial charge in [0.05, 0.1) is 6.10 Å². The van der Waals surface area contributed by atoms with Crippen molar-refractivity contribution in [2.75, 3.05) is 19.4 Å². The summed E-state index contributed by atoms with van der Waals surface area (Å²) >= 11 is 0. The van der Waals surface area contributed by atoms with Crippen molar-refractivity contribution >= 4 is 11.6 Å². The van der Waals surface area contributed by atoms with Crippen LogP contribution in [0, 0.1) is 0 Å². The highest BCUT2D eigenvalue weighted by Gasteiger charge is 2.23. The lowest BCUT2D eigenvalue weighted by Gasteiger charge is -2.23. The maximum Gasteiger partial charge on any atom is 0.246 e. The molecule has 0 aliphatic rings. The second-order valence-corrected chi connectivity index (χ2v) is 5.83. The summed E-state index contributed by atoms with van der Waals surface area (Å²) in [5, 5.41) is 2.94. The fourth-order valence-corrected chi connectivity index (χ4v) is 2.32. The third-order valence-electron chi connectivity index (χ3n) is 3.26. The van der Waals surface area contributed by atoms with Crippen LogP contribution in [0.25, 0.3) is 0 Å². The number of anilines is 1. The summed E-state index contributed by atoms with van der Waals surface area (Å²) in [7, 11) is 3.74. The molecule has 1 atom stereocenters. The second-order valence-electron chi connectivity index (χ2n) is 5.83. The van der Waals surface area contributed by atoms with E-state index >= 15 is 0 Å². The van der Waals surface area contributed by atoms with Gasteiger partial charge in [0.15, 0.2) is 0 Å². The highest BCUT2D eigenvalue weighted by atomic mass is 16.5. The Bertz CT molecular complexity index is 624. The molecule has 0 bridgehead atoms. The van der Waals surface area contributed by atoms with Gasteiger partial charge in [0.2, 0.25) is 5.91 Å². The van der Waals surface area contributed by atoms with Crippen LogP contribution in [0.5, 0.6) is 5.75 Å². The van der Waals surface area contributed by atoms with Crippen LogP contribution in [-0.2, 0) is 4.79 Å². The molecule has 0 fully saturated rings. The molecule has 1 N–H and O–H groups in total. The van der Waals surface area contributed by atoms with Gasteiger partial charge in [0.1, 0.15) is 11.8 Å². The third kappa shape index (κ3) is 4.79. The van der Waals surface area contributed by atoms with E-state index in [2.05, 4.69) is 10.3 Å². The predicted octanol–water partition coefficient (Wildman–Crippen LogP) is 3.11. The molecule has 0 aliphatic heterocycles. The maximum absolute atomic E-state index is 12.6. The van der Waals surface area contributed by atoms with Crippen LogP contribution < -0.4 is 10.1 Å². The lowest BCUT2D eigenvalue weighted by atomic mass is 10.1. The van der Waals surface area contributed by atoms with Gasteiger partial charge < -0.3 is 10.1 Å². The molecule has 2 aromatic rings. The quantitative estimate of drug-likeness (QED) is 0.890. The molecule has 122 valence electrons. The van der Waals surface area contributed by atoms with E-state index in [0.717, 1.165) is 17.0 Å². The lowest BCUT2D eigenvalue weighted by molar-refractivity contribution is -0.120. The fourth-order valence-electron chi connectivity index (χ4n) is 2.32. The van der Waals surface area contributed by atoms with Crippen molar-refractivity contribution in [3.63, 3.8) is 0 Å². The normalized spacial score (nSPS) is 12.3. The summed E-state index contributed by atoms with van der Waals surface area (Å²) < 4.78 is 5.60. The van der Waals surface area contributed by atoms with E-state index in [1.54, 1.807) is 12.4 Å². The fraction of sp³-hybridized carbons (Fsp3) is 0.333. The van der Waals surface area contributed by atoms with E-state index in [0.29, 0.717) is 0 Å². The van der Waals surface area contributed by atoms with Crippen LogP contribution in [0.15, 0.2) is 48.8 Å². The summed E-state index contributed by atoms with van der Waals surface area (Å²) in [6.45, 7) is 3.95. The Kier molecular flexibility index (Phi) is 5.71. The Labute approximate surface area is 137 Å². The molecule has 0 aliphatic carbocycles. The zero-order chi connectivity index (χ0) is 16.8. The number of hydrogen-bond acceptors (Lipinski definition) is 4. The highest BCUT2D eigenvalue weighted by Crippen LogP contribution is 2.21. The summed E-state index contributed by atoms with van der Waals surface area (Å²) in [4.78, 5) is 18.6. The minimum absolute atomic E-state index is 0.0967. The average Bonchev–Trinajstić information content (AvgIpc) is 2.49. The first kappa shape index (κ1) is 17.0. The van der Waals surface area contributed by atoms with E-state index in [-0.39, 0.29) is 12.0 Å². The number of carbonyl (C=O) groups is 1. The lowest BCUT2D eigenvalue weighted by Crippen LogP contribution is -2.32. The Balaban J connectivity index is 2.10. The highest BCUT2D eigenvalue weighted by molar-refractivity contribution is 5.95. The number of amides is 1. The number of aromatic nitrogens is 1. The number of benzene rings is 1. The van der Waals surface area contributed by atoms with Crippen molar-refractivity contribution in [2.45, 2.75) is 26.0 Å². The van der Waals surface area contributed by atoms with Crippen LogP contribution in [0.2, 0.25) is 0 Å². The standard InChI is InChI=1S/C18H23N3O2/c1-13(2)23-16-9-7-15(8-10-16)20-18(22)17(21(3)4)14-6-5-11-19-12-14/h5-13,17H,1-4H3,(H,20,22). The molecular formula is C18H23N3O2. The van der Waals surface area contributed by atoms with Crippen molar-refractivity contribution in [3.05, 3.63) is 54.4 Å².